The number of halogens is 1. The van der Waals surface area contributed by atoms with Gasteiger partial charge in [0.15, 0.2) is 5.82 Å². The van der Waals surface area contributed by atoms with Gasteiger partial charge in [-0.2, -0.15) is 5.10 Å². The first-order valence-electron chi connectivity index (χ1n) is 3.76. The second-order valence-electron chi connectivity index (χ2n) is 2.63. The zero-order valence-electron chi connectivity index (χ0n) is 7.05. The minimum absolute atomic E-state index is 0.284. The number of aromatic nitrogens is 2. The molecule has 1 aliphatic rings. The molecule has 0 unspecified atom stereocenters. The van der Waals surface area contributed by atoms with E-state index in [9.17, 15) is 0 Å². The zero-order chi connectivity index (χ0) is 9.26. The van der Waals surface area contributed by atoms with Crippen molar-refractivity contribution in [2.24, 2.45) is 17.0 Å². The molecule has 0 aromatic carbocycles. The number of amidine groups is 1. The van der Waals surface area contributed by atoms with Crippen LogP contribution in [0.25, 0.3) is 0 Å². The van der Waals surface area contributed by atoms with Crippen molar-refractivity contribution in [2.75, 3.05) is 11.6 Å². The third kappa shape index (κ3) is 1.70. The number of aryl methyl sites for hydroxylation is 1. The normalized spacial score (nSPS) is 16.2. The van der Waals surface area contributed by atoms with Gasteiger partial charge in [0.2, 0.25) is 5.29 Å². The fourth-order valence-electron chi connectivity index (χ4n) is 1.02. The van der Waals surface area contributed by atoms with Gasteiger partial charge in [-0.1, -0.05) is 0 Å². The molecule has 13 heavy (non-hydrogen) atoms. The molecule has 1 aromatic heterocycles. The van der Waals surface area contributed by atoms with Crippen LogP contribution in [0.1, 0.15) is 0 Å². The van der Waals surface area contributed by atoms with E-state index in [4.69, 9.17) is 11.6 Å². The number of hydrogen-bond acceptors (Lipinski definition) is 4. The summed E-state index contributed by atoms with van der Waals surface area (Å²) < 4.78 is 1.73. The standard InChI is InChI=1S/C7H8ClN5/c1-12-3-2-6(11-12)13-4-9-7(8)10-5-13/h2-4H,5H2,1H3. The van der Waals surface area contributed by atoms with Gasteiger partial charge in [0, 0.05) is 19.3 Å². The van der Waals surface area contributed by atoms with E-state index in [1.54, 1.807) is 11.0 Å². The lowest BCUT2D eigenvalue weighted by Gasteiger charge is -2.16. The van der Waals surface area contributed by atoms with Crippen LogP contribution in [0.4, 0.5) is 5.82 Å². The molecule has 0 amide bonds. The minimum Gasteiger partial charge on any atom is -0.295 e. The Labute approximate surface area is 80.3 Å². The predicted octanol–water partition coefficient (Wildman–Crippen LogP) is 0.821. The fraction of sp³-hybridized carbons (Fsp3) is 0.286. The van der Waals surface area contributed by atoms with Crippen LogP contribution in [-0.2, 0) is 7.05 Å². The molecule has 5 nitrogen and oxygen atoms in total. The second kappa shape index (κ2) is 3.18. The monoisotopic (exact) mass is 197 g/mol. The molecule has 6 heteroatoms. The summed E-state index contributed by atoms with van der Waals surface area (Å²) >= 11 is 5.57. The number of rotatable bonds is 1. The molecular weight excluding hydrogens is 190 g/mol. The summed E-state index contributed by atoms with van der Waals surface area (Å²) in [7, 11) is 1.86. The Morgan fingerprint density at radius 1 is 1.54 bits per heavy atom. The van der Waals surface area contributed by atoms with Crippen LogP contribution in [0.3, 0.4) is 0 Å². The van der Waals surface area contributed by atoms with Gasteiger partial charge in [-0.25, -0.2) is 9.98 Å². The number of nitrogens with zero attached hydrogens (tertiary/aromatic N) is 5. The quantitative estimate of drug-likeness (QED) is 0.626. The molecule has 2 heterocycles. The molecule has 0 N–H and O–H groups in total. The van der Waals surface area contributed by atoms with Crippen LogP contribution in [0.15, 0.2) is 22.2 Å². The largest absolute Gasteiger partial charge is 0.295 e. The first-order valence-corrected chi connectivity index (χ1v) is 4.14. The van der Waals surface area contributed by atoms with Gasteiger partial charge in [-0.3, -0.25) is 9.58 Å². The molecule has 1 aromatic rings. The average molecular weight is 198 g/mol. The van der Waals surface area contributed by atoms with E-state index in [0.717, 1.165) is 5.82 Å². The van der Waals surface area contributed by atoms with Gasteiger partial charge < -0.3 is 0 Å². The highest BCUT2D eigenvalue weighted by molar-refractivity contribution is 6.65. The van der Waals surface area contributed by atoms with Crippen molar-refractivity contribution < 1.29 is 0 Å². The molecule has 0 radical (unpaired) electrons. The van der Waals surface area contributed by atoms with Crippen molar-refractivity contribution in [1.82, 2.24) is 9.78 Å². The lowest BCUT2D eigenvalue weighted by Crippen LogP contribution is -2.25. The molecule has 2 rings (SSSR count). The Balaban J connectivity index is 2.17. The van der Waals surface area contributed by atoms with E-state index >= 15 is 0 Å². The van der Waals surface area contributed by atoms with Gasteiger partial charge in [-0.15, -0.1) is 0 Å². The van der Waals surface area contributed by atoms with Gasteiger partial charge in [-0.05, 0) is 11.6 Å². The molecule has 0 fully saturated rings. The molecule has 0 saturated carbocycles. The van der Waals surface area contributed by atoms with Crippen LogP contribution in [0.2, 0.25) is 0 Å². The number of aliphatic imine (C=N–C) groups is 2. The molecule has 0 bridgehead atoms. The summed E-state index contributed by atoms with van der Waals surface area (Å²) in [6, 6.07) is 1.89. The second-order valence-corrected chi connectivity index (χ2v) is 2.97. The Bertz CT molecular complexity index is 367. The van der Waals surface area contributed by atoms with Crippen molar-refractivity contribution >= 4 is 29.1 Å². The highest BCUT2D eigenvalue weighted by atomic mass is 35.5. The van der Waals surface area contributed by atoms with Gasteiger partial charge in [0.25, 0.3) is 0 Å². The van der Waals surface area contributed by atoms with Crippen molar-refractivity contribution in [3.63, 3.8) is 0 Å². The summed E-state index contributed by atoms with van der Waals surface area (Å²) in [5.41, 5.74) is 0. The zero-order valence-corrected chi connectivity index (χ0v) is 7.81. The molecule has 0 saturated heterocycles. The number of anilines is 1. The summed E-state index contributed by atoms with van der Waals surface area (Å²) in [6.07, 6.45) is 3.49. The van der Waals surface area contributed by atoms with E-state index in [0.29, 0.717) is 6.67 Å². The Morgan fingerprint density at radius 2 is 2.38 bits per heavy atom. The third-order valence-corrected chi connectivity index (χ3v) is 1.87. The highest BCUT2D eigenvalue weighted by Gasteiger charge is 2.09. The summed E-state index contributed by atoms with van der Waals surface area (Å²) in [5, 5.41) is 4.48. The third-order valence-electron chi connectivity index (χ3n) is 1.65. The summed E-state index contributed by atoms with van der Waals surface area (Å²) in [4.78, 5) is 9.63. The number of hydrogen-bond donors (Lipinski definition) is 0. The average Bonchev–Trinajstić information content (AvgIpc) is 2.53. The lowest BCUT2D eigenvalue weighted by atomic mass is 10.6. The molecular formula is C7H8ClN5. The van der Waals surface area contributed by atoms with Gasteiger partial charge in [0.05, 0.1) is 0 Å². The summed E-state index contributed by atoms with van der Waals surface area (Å²) in [5.74, 6) is 0.819. The van der Waals surface area contributed by atoms with Crippen LogP contribution < -0.4 is 4.90 Å². The maximum atomic E-state index is 5.57. The van der Waals surface area contributed by atoms with Crippen LogP contribution in [0.5, 0.6) is 0 Å². The van der Waals surface area contributed by atoms with E-state index < -0.39 is 0 Å². The van der Waals surface area contributed by atoms with Crippen LogP contribution in [-0.4, -0.2) is 28.1 Å². The van der Waals surface area contributed by atoms with E-state index in [-0.39, 0.29) is 5.29 Å². The molecule has 0 aliphatic carbocycles. The highest BCUT2D eigenvalue weighted by Crippen LogP contribution is 2.10. The smallest absolute Gasteiger partial charge is 0.220 e. The first-order chi connectivity index (χ1) is 6.25. The van der Waals surface area contributed by atoms with Gasteiger partial charge in [0.1, 0.15) is 13.0 Å². The van der Waals surface area contributed by atoms with Crippen LogP contribution in [0, 0.1) is 0 Å². The van der Waals surface area contributed by atoms with E-state index in [1.807, 2.05) is 24.2 Å². The van der Waals surface area contributed by atoms with Crippen molar-refractivity contribution in [3.8, 4) is 0 Å². The van der Waals surface area contributed by atoms with E-state index in [1.165, 1.54) is 0 Å². The maximum Gasteiger partial charge on any atom is 0.220 e. The van der Waals surface area contributed by atoms with E-state index in [2.05, 4.69) is 15.1 Å². The maximum absolute atomic E-state index is 5.57. The van der Waals surface area contributed by atoms with Crippen molar-refractivity contribution in [3.05, 3.63) is 12.3 Å². The SMILES string of the molecule is Cn1ccc(N2C=NC(Cl)=NC2)n1. The topological polar surface area (TPSA) is 45.8 Å². The Kier molecular flexibility index (Phi) is 2.02. The molecule has 68 valence electrons. The first kappa shape index (κ1) is 8.25. The lowest BCUT2D eigenvalue weighted by molar-refractivity contribution is 0.762. The predicted molar refractivity (Wildman–Crippen MR) is 52.3 cm³/mol. The summed E-state index contributed by atoms with van der Waals surface area (Å²) in [6.45, 7) is 0.472. The fourth-order valence-corrected chi connectivity index (χ4v) is 1.11. The molecule has 0 atom stereocenters. The van der Waals surface area contributed by atoms with Crippen molar-refractivity contribution in [1.29, 1.82) is 0 Å². The van der Waals surface area contributed by atoms with Gasteiger partial charge >= 0.3 is 0 Å². The minimum atomic E-state index is 0.284. The molecule has 0 spiro atoms. The van der Waals surface area contributed by atoms with Crippen molar-refractivity contribution in [2.45, 2.75) is 0 Å². The Hall–Kier alpha value is -1.36. The Morgan fingerprint density at radius 3 is 2.92 bits per heavy atom. The van der Waals surface area contributed by atoms with Crippen LogP contribution >= 0.6 is 11.6 Å². The molecule has 1 aliphatic heterocycles.